The molecule has 0 radical (unpaired) electrons. The summed E-state index contributed by atoms with van der Waals surface area (Å²) in [5.41, 5.74) is 3.22. The molecule has 0 aliphatic rings. The van der Waals surface area contributed by atoms with Crippen molar-refractivity contribution < 1.29 is 14.3 Å². The molecule has 7 heteroatoms. The van der Waals surface area contributed by atoms with Gasteiger partial charge in [0.25, 0.3) is 11.8 Å². The number of ether oxygens (including phenoxy) is 1. The third kappa shape index (κ3) is 4.57. The number of carbonyl (C=O) groups excluding carboxylic acids is 2. The first-order valence-electron chi connectivity index (χ1n) is 9.72. The molecule has 4 aromatic rings. The van der Waals surface area contributed by atoms with E-state index in [0.717, 1.165) is 27.0 Å². The average Bonchev–Trinajstić information content (AvgIpc) is 3.23. The summed E-state index contributed by atoms with van der Waals surface area (Å²) in [5.74, 6) is 0.216. The number of methoxy groups -OCH3 is 1. The Hall–Kier alpha value is -3.71. The van der Waals surface area contributed by atoms with Crippen LogP contribution in [-0.4, -0.2) is 23.3 Å². The van der Waals surface area contributed by atoms with E-state index in [2.05, 4.69) is 15.0 Å². The molecule has 2 amide bonds. The number of fused-ring (bicyclic) bond motifs is 1. The molecular formula is C24H21N3O3S. The normalized spacial score (nSPS) is 10.6. The van der Waals surface area contributed by atoms with Gasteiger partial charge in [0.15, 0.2) is 0 Å². The molecule has 0 aliphatic carbocycles. The second-order valence-corrected chi connectivity index (χ2v) is 7.85. The third-order valence-corrected chi connectivity index (χ3v) is 5.75. The lowest BCUT2D eigenvalue weighted by Gasteiger charge is -2.11. The van der Waals surface area contributed by atoms with Crippen molar-refractivity contribution >= 4 is 39.1 Å². The summed E-state index contributed by atoms with van der Waals surface area (Å²) in [6.45, 7) is 2.25. The maximum Gasteiger partial charge on any atom is 0.276 e. The molecule has 31 heavy (non-hydrogen) atoms. The molecule has 0 saturated heterocycles. The topological polar surface area (TPSA) is 80.3 Å². The Balaban J connectivity index is 1.48. The van der Waals surface area contributed by atoms with Crippen molar-refractivity contribution in [1.82, 2.24) is 9.69 Å². The third-order valence-electron chi connectivity index (χ3n) is 4.93. The van der Waals surface area contributed by atoms with E-state index in [9.17, 15) is 9.59 Å². The van der Waals surface area contributed by atoms with Crippen LogP contribution in [0.1, 0.15) is 32.0 Å². The Bertz CT molecular complexity index is 1270. The average molecular weight is 432 g/mol. The quantitative estimate of drug-likeness (QED) is 0.460. The standard InChI is InChI=1S/C24H21N3O3S/c1-15-10-11-17(23(28)25-14-16-6-5-7-18(12-16)30-2)13-20(15)26-24(29)22-19-8-3-4-9-21(19)31-27-22/h3-13H,14H2,1-2H3,(H,25,28)(H,26,29). The Morgan fingerprint density at radius 3 is 2.68 bits per heavy atom. The summed E-state index contributed by atoms with van der Waals surface area (Å²) in [6.07, 6.45) is 0. The SMILES string of the molecule is COc1cccc(CNC(=O)c2ccc(C)c(NC(=O)c3nsc4ccccc34)c2)c1. The molecule has 0 atom stereocenters. The van der Waals surface area contributed by atoms with E-state index < -0.39 is 0 Å². The van der Waals surface area contributed by atoms with Gasteiger partial charge in [-0.3, -0.25) is 9.59 Å². The van der Waals surface area contributed by atoms with Gasteiger partial charge in [-0.15, -0.1) is 0 Å². The molecule has 0 saturated carbocycles. The Morgan fingerprint density at radius 2 is 1.84 bits per heavy atom. The lowest BCUT2D eigenvalue weighted by Crippen LogP contribution is -2.23. The monoisotopic (exact) mass is 431 g/mol. The number of nitrogens with zero attached hydrogens (tertiary/aromatic N) is 1. The van der Waals surface area contributed by atoms with E-state index in [1.54, 1.807) is 19.2 Å². The van der Waals surface area contributed by atoms with E-state index in [1.807, 2.05) is 61.5 Å². The van der Waals surface area contributed by atoms with Gasteiger partial charge in [0.1, 0.15) is 11.4 Å². The zero-order chi connectivity index (χ0) is 21.8. The summed E-state index contributed by atoms with van der Waals surface area (Å²) >= 11 is 1.29. The Labute approximate surface area is 184 Å². The van der Waals surface area contributed by atoms with Crippen LogP contribution in [0.3, 0.4) is 0 Å². The highest BCUT2D eigenvalue weighted by molar-refractivity contribution is 7.13. The number of nitrogens with one attached hydrogen (secondary N) is 2. The number of benzene rings is 3. The van der Waals surface area contributed by atoms with E-state index in [4.69, 9.17) is 4.74 Å². The van der Waals surface area contributed by atoms with Crippen LogP contribution in [0, 0.1) is 6.92 Å². The molecule has 0 fully saturated rings. The molecule has 2 N–H and O–H groups in total. The molecule has 3 aromatic carbocycles. The van der Waals surface area contributed by atoms with Crippen molar-refractivity contribution in [3.05, 3.63) is 89.1 Å². The predicted molar refractivity (Wildman–Crippen MR) is 123 cm³/mol. The van der Waals surface area contributed by atoms with Crippen LogP contribution < -0.4 is 15.4 Å². The van der Waals surface area contributed by atoms with Gasteiger partial charge in [-0.05, 0) is 59.9 Å². The first kappa shape index (κ1) is 20.6. The van der Waals surface area contributed by atoms with E-state index in [0.29, 0.717) is 23.5 Å². The van der Waals surface area contributed by atoms with Crippen LogP contribution in [0.5, 0.6) is 5.75 Å². The molecule has 6 nitrogen and oxygen atoms in total. The smallest absolute Gasteiger partial charge is 0.276 e. The van der Waals surface area contributed by atoms with Crippen molar-refractivity contribution in [3.63, 3.8) is 0 Å². The molecule has 0 bridgehead atoms. The van der Waals surface area contributed by atoms with Crippen molar-refractivity contribution in [2.24, 2.45) is 0 Å². The van der Waals surface area contributed by atoms with Crippen LogP contribution in [0.4, 0.5) is 5.69 Å². The summed E-state index contributed by atoms with van der Waals surface area (Å²) < 4.78 is 10.5. The maximum atomic E-state index is 12.8. The highest BCUT2D eigenvalue weighted by Gasteiger charge is 2.16. The Kier molecular flexibility index (Phi) is 5.95. The van der Waals surface area contributed by atoms with Crippen molar-refractivity contribution in [2.75, 3.05) is 12.4 Å². The highest BCUT2D eigenvalue weighted by atomic mass is 32.1. The molecule has 1 aromatic heterocycles. The minimum Gasteiger partial charge on any atom is -0.497 e. The molecule has 0 aliphatic heterocycles. The molecule has 4 rings (SSSR count). The number of aromatic nitrogens is 1. The van der Waals surface area contributed by atoms with Gasteiger partial charge in [-0.1, -0.05) is 36.4 Å². The van der Waals surface area contributed by atoms with E-state index in [-0.39, 0.29) is 11.8 Å². The summed E-state index contributed by atoms with van der Waals surface area (Å²) in [4.78, 5) is 25.5. The van der Waals surface area contributed by atoms with Crippen molar-refractivity contribution in [3.8, 4) is 5.75 Å². The summed E-state index contributed by atoms with van der Waals surface area (Å²) in [5, 5.41) is 6.61. The van der Waals surface area contributed by atoms with Gasteiger partial charge < -0.3 is 15.4 Å². The highest BCUT2D eigenvalue weighted by Crippen LogP contribution is 2.24. The maximum absolute atomic E-state index is 12.8. The lowest BCUT2D eigenvalue weighted by molar-refractivity contribution is 0.0949. The number of aryl methyl sites for hydroxylation is 1. The van der Waals surface area contributed by atoms with Gasteiger partial charge in [0, 0.05) is 23.2 Å². The van der Waals surface area contributed by atoms with Crippen molar-refractivity contribution in [2.45, 2.75) is 13.5 Å². The minimum atomic E-state index is -0.297. The number of rotatable bonds is 6. The molecule has 0 spiro atoms. The summed E-state index contributed by atoms with van der Waals surface area (Å²) in [6, 6.07) is 20.4. The van der Waals surface area contributed by atoms with Gasteiger partial charge in [0.05, 0.1) is 11.8 Å². The molecule has 1 heterocycles. The number of amides is 2. The van der Waals surface area contributed by atoms with Gasteiger partial charge in [-0.2, -0.15) is 4.37 Å². The fourth-order valence-corrected chi connectivity index (χ4v) is 3.97. The zero-order valence-corrected chi connectivity index (χ0v) is 18.0. The van der Waals surface area contributed by atoms with Crippen LogP contribution in [0.15, 0.2) is 66.7 Å². The second-order valence-electron chi connectivity index (χ2n) is 7.05. The minimum absolute atomic E-state index is 0.225. The van der Waals surface area contributed by atoms with Gasteiger partial charge in [-0.25, -0.2) is 0 Å². The molecule has 156 valence electrons. The number of carbonyl (C=O) groups is 2. The van der Waals surface area contributed by atoms with Crippen LogP contribution in [0.2, 0.25) is 0 Å². The zero-order valence-electron chi connectivity index (χ0n) is 17.1. The van der Waals surface area contributed by atoms with Crippen LogP contribution >= 0.6 is 11.5 Å². The van der Waals surface area contributed by atoms with Gasteiger partial charge in [0.2, 0.25) is 0 Å². The number of hydrogen-bond donors (Lipinski definition) is 2. The van der Waals surface area contributed by atoms with Crippen LogP contribution in [-0.2, 0) is 6.54 Å². The predicted octanol–water partition coefficient (Wildman–Crippen LogP) is 4.80. The lowest BCUT2D eigenvalue weighted by atomic mass is 10.1. The Morgan fingerprint density at radius 1 is 1.00 bits per heavy atom. The fourth-order valence-electron chi connectivity index (χ4n) is 3.20. The first-order chi connectivity index (χ1) is 15.0. The number of hydrogen-bond acceptors (Lipinski definition) is 5. The fraction of sp³-hybridized carbons (Fsp3) is 0.125. The summed E-state index contributed by atoms with van der Waals surface area (Å²) in [7, 11) is 1.61. The first-order valence-corrected chi connectivity index (χ1v) is 10.5. The van der Waals surface area contributed by atoms with Crippen LogP contribution in [0.25, 0.3) is 10.1 Å². The van der Waals surface area contributed by atoms with Crippen molar-refractivity contribution in [1.29, 1.82) is 0 Å². The van der Waals surface area contributed by atoms with E-state index in [1.165, 1.54) is 11.5 Å². The number of anilines is 1. The van der Waals surface area contributed by atoms with E-state index >= 15 is 0 Å². The van der Waals surface area contributed by atoms with Gasteiger partial charge >= 0.3 is 0 Å². The second kappa shape index (κ2) is 8.97. The molecule has 0 unspecified atom stereocenters. The largest absolute Gasteiger partial charge is 0.497 e. The molecular weight excluding hydrogens is 410 g/mol.